The summed E-state index contributed by atoms with van der Waals surface area (Å²) in [5.74, 6) is -0.411. The Morgan fingerprint density at radius 3 is 3.23 bits per heavy atom. The predicted octanol–water partition coefficient (Wildman–Crippen LogP) is 0.153. The molecule has 4 heteroatoms. The molecule has 2 N–H and O–H groups in total. The van der Waals surface area contributed by atoms with Gasteiger partial charge in [-0.15, -0.1) is 0 Å². The molecule has 2 heterocycles. The summed E-state index contributed by atoms with van der Waals surface area (Å²) in [6.07, 6.45) is 8.78. The molecule has 0 saturated heterocycles. The zero-order valence-electron chi connectivity index (χ0n) is 6.97. The van der Waals surface area contributed by atoms with Crippen LogP contribution in [0.2, 0.25) is 0 Å². The topological polar surface area (TPSA) is 58.7 Å². The van der Waals surface area contributed by atoms with Gasteiger partial charge in [0.15, 0.2) is 0 Å². The van der Waals surface area contributed by atoms with E-state index in [1.165, 1.54) is 0 Å². The smallest absolute Gasteiger partial charge is 0.248 e. The standard InChI is InChI=1S/C9H9N3O/c10-9(13)7-1-3-12-4-2-11-6-8(12)5-7/h1-3,5-6H,4H2,(H2,10,13). The summed E-state index contributed by atoms with van der Waals surface area (Å²) in [5.41, 5.74) is 6.56. The van der Waals surface area contributed by atoms with E-state index in [4.69, 9.17) is 5.73 Å². The molecule has 0 aromatic rings. The highest BCUT2D eigenvalue weighted by Gasteiger charge is 2.13. The highest BCUT2D eigenvalue weighted by atomic mass is 16.1. The first-order chi connectivity index (χ1) is 6.27. The van der Waals surface area contributed by atoms with Crippen LogP contribution < -0.4 is 5.73 Å². The van der Waals surface area contributed by atoms with Gasteiger partial charge in [-0.2, -0.15) is 0 Å². The highest BCUT2D eigenvalue weighted by Crippen LogP contribution is 2.17. The molecule has 4 nitrogen and oxygen atoms in total. The van der Waals surface area contributed by atoms with Crippen LogP contribution >= 0.6 is 0 Å². The van der Waals surface area contributed by atoms with E-state index in [9.17, 15) is 4.79 Å². The average Bonchev–Trinajstić information content (AvgIpc) is 2.17. The van der Waals surface area contributed by atoms with Crippen molar-refractivity contribution in [2.75, 3.05) is 6.54 Å². The number of amides is 1. The molecule has 0 bridgehead atoms. The molecular weight excluding hydrogens is 166 g/mol. The summed E-state index contributed by atoms with van der Waals surface area (Å²) < 4.78 is 0. The van der Waals surface area contributed by atoms with Crippen LogP contribution in [0.15, 0.2) is 40.8 Å². The molecule has 0 unspecified atom stereocenters. The fourth-order valence-corrected chi connectivity index (χ4v) is 1.24. The molecule has 2 aliphatic heterocycles. The lowest BCUT2D eigenvalue weighted by Gasteiger charge is -2.24. The van der Waals surface area contributed by atoms with Gasteiger partial charge in [0, 0.05) is 18.0 Å². The van der Waals surface area contributed by atoms with E-state index < -0.39 is 5.91 Å². The molecule has 0 aliphatic carbocycles. The molecule has 0 atom stereocenters. The van der Waals surface area contributed by atoms with Crippen LogP contribution in [0.1, 0.15) is 0 Å². The lowest BCUT2D eigenvalue weighted by Crippen LogP contribution is -2.25. The number of carbonyl (C=O) groups is 1. The summed E-state index contributed by atoms with van der Waals surface area (Å²) in [4.78, 5) is 16.8. The SMILES string of the molecule is NC(=O)C1=CC2=CN=CCN2C=C1. The van der Waals surface area contributed by atoms with Crippen molar-refractivity contribution >= 4 is 12.1 Å². The van der Waals surface area contributed by atoms with Crippen molar-refractivity contribution in [1.29, 1.82) is 0 Å². The largest absolute Gasteiger partial charge is 0.366 e. The normalized spacial score (nSPS) is 19.2. The fraction of sp³-hybridized carbons (Fsp3) is 0.111. The maximum absolute atomic E-state index is 10.8. The van der Waals surface area contributed by atoms with Gasteiger partial charge in [-0.3, -0.25) is 9.79 Å². The van der Waals surface area contributed by atoms with Crippen LogP contribution in [0.3, 0.4) is 0 Å². The molecule has 2 aliphatic rings. The van der Waals surface area contributed by atoms with E-state index in [0.29, 0.717) is 5.57 Å². The Bertz CT molecular complexity index is 363. The zero-order valence-corrected chi connectivity index (χ0v) is 6.97. The number of nitrogens with two attached hydrogens (primary N) is 1. The summed E-state index contributed by atoms with van der Waals surface area (Å²) in [6.45, 7) is 0.741. The average molecular weight is 175 g/mol. The monoisotopic (exact) mass is 175 g/mol. The molecule has 13 heavy (non-hydrogen) atoms. The molecule has 66 valence electrons. The van der Waals surface area contributed by atoms with Crippen molar-refractivity contribution < 1.29 is 4.79 Å². The minimum atomic E-state index is -0.411. The molecule has 0 fully saturated rings. The van der Waals surface area contributed by atoms with Crippen molar-refractivity contribution in [1.82, 2.24) is 4.90 Å². The fourth-order valence-electron chi connectivity index (χ4n) is 1.24. The van der Waals surface area contributed by atoms with Crippen molar-refractivity contribution in [2.24, 2.45) is 10.7 Å². The molecule has 0 aromatic carbocycles. The van der Waals surface area contributed by atoms with E-state index in [0.717, 1.165) is 12.2 Å². The molecule has 0 saturated carbocycles. The third-order valence-electron chi connectivity index (χ3n) is 1.94. The van der Waals surface area contributed by atoms with Crippen molar-refractivity contribution in [2.45, 2.75) is 0 Å². The lowest BCUT2D eigenvalue weighted by atomic mass is 10.1. The van der Waals surface area contributed by atoms with E-state index in [-0.39, 0.29) is 0 Å². The van der Waals surface area contributed by atoms with Crippen LogP contribution in [0.4, 0.5) is 0 Å². The first-order valence-electron chi connectivity index (χ1n) is 3.95. The quantitative estimate of drug-likeness (QED) is 0.616. The van der Waals surface area contributed by atoms with Gasteiger partial charge in [0.05, 0.1) is 18.4 Å². The third kappa shape index (κ3) is 1.38. The van der Waals surface area contributed by atoms with Gasteiger partial charge in [0.1, 0.15) is 0 Å². The number of aliphatic imine (C=N–C) groups is 1. The van der Waals surface area contributed by atoms with Gasteiger partial charge in [-0.1, -0.05) is 0 Å². The minimum Gasteiger partial charge on any atom is -0.366 e. The van der Waals surface area contributed by atoms with E-state index in [1.807, 2.05) is 11.1 Å². The molecular formula is C9H9N3O. The van der Waals surface area contributed by atoms with Crippen LogP contribution in [-0.2, 0) is 4.79 Å². The Morgan fingerprint density at radius 2 is 2.46 bits per heavy atom. The summed E-state index contributed by atoms with van der Waals surface area (Å²) in [7, 11) is 0. The number of nitrogens with zero attached hydrogens (tertiary/aromatic N) is 2. The maximum Gasteiger partial charge on any atom is 0.248 e. The second kappa shape index (κ2) is 2.90. The van der Waals surface area contributed by atoms with Crippen molar-refractivity contribution in [3.05, 3.63) is 35.8 Å². The first kappa shape index (κ1) is 7.79. The van der Waals surface area contributed by atoms with Crippen LogP contribution in [-0.4, -0.2) is 23.6 Å². The predicted molar refractivity (Wildman–Crippen MR) is 49.7 cm³/mol. The summed E-state index contributed by atoms with van der Waals surface area (Å²) in [6, 6.07) is 0. The third-order valence-corrected chi connectivity index (χ3v) is 1.94. The summed E-state index contributed by atoms with van der Waals surface area (Å²) in [5, 5.41) is 0. The second-order valence-corrected chi connectivity index (χ2v) is 2.82. The molecule has 0 radical (unpaired) electrons. The Hall–Kier alpha value is -1.84. The Kier molecular flexibility index (Phi) is 1.73. The minimum absolute atomic E-state index is 0.411. The van der Waals surface area contributed by atoms with Gasteiger partial charge in [0.25, 0.3) is 0 Å². The number of hydrogen-bond acceptors (Lipinski definition) is 3. The maximum atomic E-state index is 10.8. The molecule has 1 amide bonds. The Labute approximate surface area is 75.7 Å². The van der Waals surface area contributed by atoms with E-state index in [1.54, 1.807) is 24.6 Å². The van der Waals surface area contributed by atoms with E-state index >= 15 is 0 Å². The highest BCUT2D eigenvalue weighted by molar-refractivity contribution is 5.95. The number of hydrogen-bond donors (Lipinski definition) is 1. The van der Waals surface area contributed by atoms with E-state index in [2.05, 4.69) is 4.99 Å². The molecule has 0 aromatic heterocycles. The number of allylic oxidation sites excluding steroid dienone is 1. The number of carbonyl (C=O) groups excluding carboxylic acids is 1. The Balaban J connectivity index is 2.34. The molecule has 2 rings (SSSR count). The van der Waals surface area contributed by atoms with Crippen LogP contribution in [0, 0.1) is 0 Å². The van der Waals surface area contributed by atoms with Crippen LogP contribution in [0.25, 0.3) is 0 Å². The first-order valence-corrected chi connectivity index (χ1v) is 3.95. The van der Waals surface area contributed by atoms with Gasteiger partial charge in [0.2, 0.25) is 5.91 Å². The van der Waals surface area contributed by atoms with Gasteiger partial charge >= 0.3 is 0 Å². The number of primary amides is 1. The van der Waals surface area contributed by atoms with Crippen molar-refractivity contribution in [3.63, 3.8) is 0 Å². The lowest BCUT2D eigenvalue weighted by molar-refractivity contribution is -0.114. The van der Waals surface area contributed by atoms with Crippen molar-refractivity contribution in [3.8, 4) is 0 Å². The Morgan fingerprint density at radius 1 is 1.62 bits per heavy atom. The van der Waals surface area contributed by atoms with Gasteiger partial charge in [-0.25, -0.2) is 0 Å². The van der Waals surface area contributed by atoms with Crippen LogP contribution in [0.5, 0.6) is 0 Å². The summed E-state index contributed by atoms with van der Waals surface area (Å²) >= 11 is 0. The number of rotatable bonds is 1. The zero-order chi connectivity index (χ0) is 9.26. The van der Waals surface area contributed by atoms with Gasteiger partial charge in [-0.05, 0) is 12.2 Å². The molecule has 0 spiro atoms. The number of fused-ring (bicyclic) bond motifs is 1. The van der Waals surface area contributed by atoms with Gasteiger partial charge < -0.3 is 10.6 Å². The second-order valence-electron chi connectivity index (χ2n) is 2.82.